The first kappa shape index (κ1) is 10.0. The Hall–Kier alpha value is -1.52. The second kappa shape index (κ2) is 3.56. The fourth-order valence-electron chi connectivity index (χ4n) is 1.46. The van der Waals surface area contributed by atoms with Gasteiger partial charge in [0.25, 0.3) is 0 Å². The van der Waals surface area contributed by atoms with Gasteiger partial charge >= 0.3 is 0 Å². The molecule has 4 heteroatoms. The van der Waals surface area contributed by atoms with Crippen molar-refractivity contribution in [2.45, 2.75) is 19.4 Å². The van der Waals surface area contributed by atoms with Gasteiger partial charge in [0, 0.05) is 11.6 Å². The molecule has 0 radical (unpaired) electrons. The van der Waals surface area contributed by atoms with Crippen molar-refractivity contribution in [3.63, 3.8) is 0 Å². The molecule has 0 atom stereocenters. The highest BCUT2D eigenvalue weighted by atomic mass is 17.3. The molecule has 0 bridgehead atoms. The highest BCUT2D eigenvalue weighted by Gasteiger charge is 2.21. The van der Waals surface area contributed by atoms with Gasteiger partial charge in [-0.2, -0.15) is 5.90 Å². The lowest BCUT2D eigenvalue weighted by molar-refractivity contribution is -0.211. The topological polar surface area (TPSA) is 53.7 Å². The molecular formula is C11H13NO3. The van der Waals surface area contributed by atoms with Crippen LogP contribution in [0.2, 0.25) is 0 Å². The Labute approximate surface area is 88.1 Å². The average Bonchev–Trinajstić information content (AvgIpc) is 2.16. The van der Waals surface area contributed by atoms with E-state index in [9.17, 15) is 0 Å². The van der Waals surface area contributed by atoms with Crippen molar-refractivity contribution in [3.8, 4) is 11.5 Å². The molecule has 0 saturated heterocycles. The Morgan fingerprint density at radius 1 is 1.33 bits per heavy atom. The fraction of sp³-hybridized carbons (Fsp3) is 0.273. The minimum Gasteiger partial charge on any atom is -0.483 e. The van der Waals surface area contributed by atoms with Crippen LogP contribution in [0.5, 0.6) is 11.5 Å². The lowest BCUT2D eigenvalue weighted by Gasteiger charge is -2.27. The van der Waals surface area contributed by atoms with Crippen LogP contribution in [0.25, 0.3) is 6.08 Å². The molecule has 2 N–H and O–H groups in total. The van der Waals surface area contributed by atoms with Crippen LogP contribution in [0.3, 0.4) is 0 Å². The van der Waals surface area contributed by atoms with Gasteiger partial charge in [-0.1, -0.05) is 11.1 Å². The number of hydrogen-bond donors (Lipinski definition) is 1. The van der Waals surface area contributed by atoms with Crippen LogP contribution in [0.4, 0.5) is 0 Å². The molecule has 80 valence electrons. The van der Waals surface area contributed by atoms with E-state index in [0.717, 1.165) is 11.3 Å². The smallest absolute Gasteiger partial charge is 0.171 e. The van der Waals surface area contributed by atoms with Gasteiger partial charge in [-0.25, -0.2) is 0 Å². The van der Waals surface area contributed by atoms with Crippen LogP contribution in [-0.2, 0) is 4.99 Å². The van der Waals surface area contributed by atoms with Crippen molar-refractivity contribution in [3.05, 3.63) is 29.8 Å². The van der Waals surface area contributed by atoms with Crippen LogP contribution < -0.4 is 15.5 Å². The largest absolute Gasteiger partial charge is 0.483 e. The standard InChI is InChI=1S/C11H13NO3/c1-11(2)6-5-8-3-4-9(14-15-12)7-10(8)13-11/h3-7H,12H2,1-2H3. The maximum Gasteiger partial charge on any atom is 0.171 e. The number of ether oxygens (including phenoxy) is 1. The molecule has 0 aromatic heterocycles. The van der Waals surface area contributed by atoms with Gasteiger partial charge in [-0.3, -0.25) is 0 Å². The lowest BCUT2D eigenvalue weighted by atomic mass is 10.0. The summed E-state index contributed by atoms with van der Waals surface area (Å²) in [6.45, 7) is 3.97. The summed E-state index contributed by atoms with van der Waals surface area (Å²) in [6, 6.07) is 5.39. The predicted octanol–water partition coefficient (Wildman–Crippen LogP) is 2.05. The zero-order valence-electron chi connectivity index (χ0n) is 8.69. The Bertz CT molecular complexity index is 399. The second-order valence-corrected chi connectivity index (χ2v) is 3.92. The second-order valence-electron chi connectivity index (χ2n) is 3.92. The van der Waals surface area contributed by atoms with Crippen molar-refractivity contribution >= 4 is 6.08 Å². The van der Waals surface area contributed by atoms with Gasteiger partial charge in [0.2, 0.25) is 0 Å². The number of fused-ring (bicyclic) bond motifs is 1. The zero-order valence-corrected chi connectivity index (χ0v) is 8.69. The van der Waals surface area contributed by atoms with E-state index in [-0.39, 0.29) is 5.60 Å². The number of hydrogen-bond acceptors (Lipinski definition) is 4. The molecule has 1 heterocycles. The van der Waals surface area contributed by atoms with Gasteiger partial charge in [0.15, 0.2) is 5.75 Å². The molecule has 1 aromatic rings. The molecule has 1 aliphatic heterocycles. The SMILES string of the molecule is CC1(C)C=Cc2ccc(OON)cc2O1. The molecule has 0 saturated carbocycles. The van der Waals surface area contributed by atoms with Crippen LogP contribution in [0.15, 0.2) is 24.3 Å². The minimum atomic E-state index is -0.296. The Morgan fingerprint density at radius 2 is 2.13 bits per heavy atom. The summed E-state index contributed by atoms with van der Waals surface area (Å²) in [5.41, 5.74) is 0.716. The van der Waals surface area contributed by atoms with Crippen LogP contribution in [-0.4, -0.2) is 5.60 Å². The van der Waals surface area contributed by atoms with Crippen molar-refractivity contribution in [2.75, 3.05) is 0 Å². The average molecular weight is 207 g/mol. The molecule has 0 spiro atoms. The first-order valence-corrected chi connectivity index (χ1v) is 4.66. The third-order valence-corrected chi connectivity index (χ3v) is 2.17. The van der Waals surface area contributed by atoms with Crippen LogP contribution in [0, 0.1) is 0 Å². The molecule has 15 heavy (non-hydrogen) atoms. The van der Waals surface area contributed by atoms with E-state index >= 15 is 0 Å². The normalized spacial score (nSPS) is 16.7. The van der Waals surface area contributed by atoms with Crippen LogP contribution >= 0.6 is 0 Å². The third-order valence-electron chi connectivity index (χ3n) is 2.17. The van der Waals surface area contributed by atoms with E-state index in [1.165, 1.54) is 0 Å². The van der Waals surface area contributed by atoms with Crippen molar-refractivity contribution in [1.29, 1.82) is 0 Å². The summed E-state index contributed by atoms with van der Waals surface area (Å²) >= 11 is 0. The van der Waals surface area contributed by atoms with Gasteiger partial charge in [0.1, 0.15) is 11.4 Å². The quantitative estimate of drug-likeness (QED) is 0.595. The van der Waals surface area contributed by atoms with Gasteiger partial charge < -0.3 is 9.62 Å². The molecule has 0 aliphatic carbocycles. The Morgan fingerprint density at radius 3 is 2.87 bits per heavy atom. The number of nitrogens with two attached hydrogens (primary N) is 1. The first-order chi connectivity index (χ1) is 7.11. The van der Waals surface area contributed by atoms with E-state index in [1.54, 1.807) is 12.1 Å². The predicted molar refractivity (Wildman–Crippen MR) is 56.1 cm³/mol. The number of benzene rings is 1. The highest BCUT2D eigenvalue weighted by molar-refractivity contribution is 5.62. The van der Waals surface area contributed by atoms with Crippen molar-refractivity contribution in [2.24, 2.45) is 5.90 Å². The van der Waals surface area contributed by atoms with Crippen LogP contribution in [0.1, 0.15) is 19.4 Å². The van der Waals surface area contributed by atoms with Crippen molar-refractivity contribution < 1.29 is 14.6 Å². The Kier molecular flexibility index (Phi) is 2.38. The van der Waals surface area contributed by atoms with E-state index < -0.39 is 0 Å². The maximum absolute atomic E-state index is 5.74. The highest BCUT2D eigenvalue weighted by Crippen LogP contribution is 2.33. The monoisotopic (exact) mass is 207 g/mol. The lowest BCUT2D eigenvalue weighted by Crippen LogP contribution is -2.27. The van der Waals surface area contributed by atoms with E-state index in [2.05, 4.69) is 4.99 Å². The summed E-state index contributed by atoms with van der Waals surface area (Å²) in [7, 11) is 0. The molecule has 1 aliphatic rings. The molecule has 1 aromatic carbocycles. The molecular weight excluding hydrogens is 194 g/mol. The third kappa shape index (κ3) is 2.11. The maximum atomic E-state index is 5.74. The molecule has 0 fully saturated rings. The molecule has 0 amide bonds. The van der Waals surface area contributed by atoms with Gasteiger partial charge in [0.05, 0.1) is 0 Å². The summed E-state index contributed by atoms with van der Waals surface area (Å²) in [5, 5.41) is 0. The summed E-state index contributed by atoms with van der Waals surface area (Å²) in [5.74, 6) is 6.09. The van der Waals surface area contributed by atoms with Gasteiger partial charge in [-0.15, -0.1) is 0 Å². The number of rotatable bonds is 2. The summed E-state index contributed by atoms with van der Waals surface area (Å²) in [6.07, 6.45) is 4.03. The molecule has 2 rings (SSSR count). The fourth-order valence-corrected chi connectivity index (χ4v) is 1.46. The van der Waals surface area contributed by atoms with Gasteiger partial charge in [-0.05, 0) is 32.1 Å². The summed E-state index contributed by atoms with van der Waals surface area (Å²) < 4.78 is 5.74. The first-order valence-electron chi connectivity index (χ1n) is 4.66. The summed E-state index contributed by atoms with van der Waals surface area (Å²) in [4.78, 5) is 8.81. The Balaban J connectivity index is 2.33. The molecule has 4 nitrogen and oxygen atoms in total. The zero-order chi connectivity index (χ0) is 10.9. The molecule has 0 unspecified atom stereocenters. The van der Waals surface area contributed by atoms with E-state index in [0.29, 0.717) is 5.75 Å². The van der Waals surface area contributed by atoms with E-state index in [1.807, 2.05) is 32.1 Å². The van der Waals surface area contributed by atoms with E-state index in [4.69, 9.17) is 15.5 Å². The van der Waals surface area contributed by atoms with Crippen molar-refractivity contribution in [1.82, 2.24) is 0 Å². The minimum absolute atomic E-state index is 0.296.